The average molecular weight is 314 g/mol. The summed E-state index contributed by atoms with van der Waals surface area (Å²) in [7, 11) is 0. The molecule has 0 fully saturated rings. The summed E-state index contributed by atoms with van der Waals surface area (Å²) in [6.45, 7) is 2.15. The lowest BCUT2D eigenvalue weighted by Crippen LogP contribution is -2.34. The number of carbonyl (C=O) groups excluding carboxylic acids is 1. The molecule has 3 rings (SSSR count). The number of amides is 1. The molecule has 23 heavy (non-hydrogen) atoms. The predicted octanol–water partition coefficient (Wildman–Crippen LogP) is 1.73. The molecule has 0 bridgehead atoms. The van der Waals surface area contributed by atoms with E-state index in [0.717, 1.165) is 18.4 Å². The summed E-state index contributed by atoms with van der Waals surface area (Å²) in [5, 5.41) is 19.0. The summed E-state index contributed by atoms with van der Waals surface area (Å²) >= 11 is 0. The van der Waals surface area contributed by atoms with Gasteiger partial charge < -0.3 is 10.4 Å². The molecule has 1 heterocycles. The second-order valence-electron chi connectivity index (χ2n) is 5.83. The lowest BCUT2D eigenvalue weighted by Gasteiger charge is -2.30. The van der Waals surface area contributed by atoms with E-state index in [1.54, 1.807) is 0 Å². The zero-order chi connectivity index (χ0) is 16.4. The number of nitrogens with zero attached hydrogens (tertiary/aromatic N) is 3. The molecular weight excluding hydrogens is 296 g/mol. The average Bonchev–Trinajstić information content (AvgIpc) is 2.99. The van der Waals surface area contributed by atoms with Crippen LogP contribution in [0.15, 0.2) is 30.5 Å². The second kappa shape index (κ2) is 6.20. The van der Waals surface area contributed by atoms with Crippen LogP contribution in [0.1, 0.15) is 53.3 Å². The minimum atomic E-state index is -1.16. The Kier molecular flexibility index (Phi) is 4.10. The van der Waals surface area contributed by atoms with Gasteiger partial charge in [0.05, 0.1) is 12.2 Å². The Morgan fingerprint density at radius 3 is 2.74 bits per heavy atom. The molecule has 2 N–H and O–H groups in total. The summed E-state index contributed by atoms with van der Waals surface area (Å²) in [4.78, 5) is 23.0. The van der Waals surface area contributed by atoms with Crippen molar-refractivity contribution in [3.63, 3.8) is 0 Å². The Bertz CT molecular complexity index is 740. The van der Waals surface area contributed by atoms with Gasteiger partial charge in [-0.25, -0.2) is 9.48 Å². The standard InChI is InChI=1S/C16H18N4O3/c1-10-6-7-13(12-5-3-2-4-11(10)12)17-15(21)9-20-8-14(16(22)23)18-19-20/h2-5,8,10,13H,6-7,9H2,1H3,(H,17,21)(H,22,23). The highest BCUT2D eigenvalue weighted by Gasteiger charge is 2.25. The van der Waals surface area contributed by atoms with E-state index in [1.165, 1.54) is 16.4 Å². The van der Waals surface area contributed by atoms with Crippen molar-refractivity contribution in [2.75, 3.05) is 0 Å². The number of carbonyl (C=O) groups is 2. The van der Waals surface area contributed by atoms with Gasteiger partial charge in [-0.2, -0.15) is 0 Å². The van der Waals surface area contributed by atoms with E-state index in [-0.39, 0.29) is 24.2 Å². The normalized spacial score (nSPS) is 19.9. The maximum atomic E-state index is 12.2. The number of hydrogen-bond acceptors (Lipinski definition) is 4. The number of rotatable bonds is 4. The minimum absolute atomic E-state index is 0.0163. The fourth-order valence-corrected chi connectivity index (χ4v) is 3.02. The summed E-state index contributed by atoms with van der Waals surface area (Å²) in [5.74, 6) is -0.874. The first-order valence-electron chi connectivity index (χ1n) is 7.56. The van der Waals surface area contributed by atoms with Crippen molar-refractivity contribution >= 4 is 11.9 Å². The third-order valence-corrected chi connectivity index (χ3v) is 4.19. The van der Waals surface area contributed by atoms with Crippen LogP contribution in [0.3, 0.4) is 0 Å². The third-order valence-electron chi connectivity index (χ3n) is 4.19. The monoisotopic (exact) mass is 314 g/mol. The first-order valence-corrected chi connectivity index (χ1v) is 7.56. The van der Waals surface area contributed by atoms with Crippen molar-refractivity contribution < 1.29 is 14.7 Å². The zero-order valence-corrected chi connectivity index (χ0v) is 12.8. The van der Waals surface area contributed by atoms with Crippen molar-refractivity contribution in [2.24, 2.45) is 0 Å². The summed E-state index contributed by atoms with van der Waals surface area (Å²) in [6, 6.07) is 8.13. The van der Waals surface area contributed by atoms with E-state index in [0.29, 0.717) is 5.92 Å². The van der Waals surface area contributed by atoms with Crippen LogP contribution in [-0.4, -0.2) is 32.0 Å². The molecule has 0 radical (unpaired) electrons. The lowest BCUT2D eigenvalue weighted by atomic mass is 9.81. The number of fused-ring (bicyclic) bond motifs is 1. The maximum absolute atomic E-state index is 12.2. The molecule has 0 saturated carbocycles. The van der Waals surface area contributed by atoms with E-state index in [1.807, 2.05) is 18.2 Å². The van der Waals surface area contributed by atoms with Crippen molar-refractivity contribution in [1.29, 1.82) is 0 Å². The lowest BCUT2D eigenvalue weighted by molar-refractivity contribution is -0.122. The van der Waals surface area contributed by atoms with E-state index in [4.69, 9.17) is 5.11 Å². The Hall–Kier alpha value is -2.70. The number of nitrogens with one attached hydrogen (secondary N) is 1. The minimum Gasteiger partial charge on any atom is -0.476 e. The van der Waals surface area contributed by atoms with Gasteiger partial charge in [-0.05, 0) is 29.9 Å². The van der Waals surface area contributed by atoms with Gasteiger partial charge in [-0.1, -0.05) is 36.4 Å². The van der Waals surface area contributed by atoms with Crippen LogP contribution in [0.5, 0.6) is 0 Å². The molecule has 0 saturated heterocycles. The highest BCUT2D eigenvalue weighted by atomic mass is 16.4. The quantitative estimate of drug-likeness (QED) is 0.895. The van der Waals surface area contributed by atoms with Crippen LogP contribution >= 0.6 is 0 Å². The number of carboxylic acids is 1. The number of carboxylic acid groups (broad SMARTS) is 1. The molecule has 1 aliphatic rings. The molecule has 7 heteroatoms. The van der Waals surface area contributed by atoms with Gasteiger partial charge >= 0.3 is 5.97 Å². The van der Waals surface area contributed by atoms with Gasteiger partial charge in [0, 0.05) is 0 Å². The maximum Gasteiger partial charge on any atom is 0.358 e. The smallest absolute Gasteiger partial charge is 0.358 e. The SMILES string of the molecule is CC1CCC(NC(=O)Cn2cc(C(=O)O)nn2)c2ccccc21. The molecule has 2 unspecified atom stereocenters. The molecule has 1 amide bonds. The van der Waals surface area contributed by atoms with Crippen LogP contribution in [0, 0.1) is 0 Å². The fourth-order valence-electron chi connectivity index (χ4n) is 3.02. The van der Waals surface area contributed by atoms with Gasteiger partial charge in [0.1, 0.15) is 6.54 Å². The number of aromatic nitrogens is 3. The largest absolute Gasteiger partial charge is 0.476 e. The highest BCUT2D eigenvalue weighted by Crippen LogP contribution is 2.36. The first kappa shape index (κ1) is 15.2. The van der Waals surface area contributed by atoms with Crippen LogP contribution in [0.2, 0.25) is 0 Å². The molecule has 1 aromatic heterocycles. The zero-order valence-electron chi connectivity index (χ0n) is 12.8. The molecule has 0 aliphatic heterocycles. The molecule has 1 aromatic carbocycles. The van der Waals surface area contributed by atoms with Crippen LogP contribution in [-0.2, 0) is 11.3 Å². The highest BCUT2D eigenvalue weighted by molar-refractivity contribution is 5.84. The topological polar surface area (TPSA) is 97.1 Å². The van der Waals surface area contributed by atoms with Gasteiger partial charge in [0.25, 0.3) is 0 Å². The fraction of sp³-hybridized carbons (Fsp3) is 0.375. The van der Waals surface area contributed by atoms with E-state index < -0.39 is 5.97 Å². The Balaban J connectivity index is 1.68. The molecule has 0 spiro atoms. The van der Waals surface area contributed by atoms with Crippen LogP contribution < -0.4 is 5.32 Å². The molecule has 120 valence electrons. The van der Waals surface area contributed by atoms with E-state index in [2.05, 4.69) is 28.6 Å². The van der Waals surface area contributed by atoms with Crippen LogP contribution in [0.4, 0.5) is 0 Å². The van der Waals surface area contributed by atoms with Crippen LogP contribution in [0.25, 0.3) is 0 Å². The molecular formula is C16H18N4O3. The van der Waals surface area contributed by atoms with Gasteiger partial charge in [0.2, 0.25) is 5.91 Å². The van der Waals surface area contributed by atoms with Crippen molar-refractivity contribution in [3.8, 4) is 0 Å². The van der Waals surface area contributed by atoms with Crippen molar-refractivity contribution in [3.05, 3.63) is 47.3 Å². The number of aromatic carboxylic acids is 1. The van der Waals surface area contributed by atoms with Crippen molar-refractivity contribution in [1.82, 2.24) is 20.3 Å². The van der Waals surface area contributed by atoms with Gasteiger partial charge in [-0.3, -0.25) is 4.79 Å². The second-order valence-corrected chi connectivity index (χ2v) is 5.83. The first-order chi connectivity index (χ1) is 11.0. The molecule has 2 atom stereocenters. The Morgan fingerprint density at radius 2 is 2.04 bits per heavy atom. The summed E-state index contributed by atoms with van der Waals surface area (Å²) < 4.78 is 1.23. The molecule has 7 nitrogen and oxygen atoms in total. The number of hydrogen-bond donors (Lipinski definition) is 2. The van der Waals surface area contributed by atoms with Gasteiger partial charge in [-0.15, -0.1) is 5.10 Å². The third kappa shape index (κ3) is 3.23. The van der Waals surface area contributed by atoms with Gasteiger partial charge in [0.15, 0.2) is 5.69 Å². The van der Waals surface area contributed by atoms with E-state index >= 15 is 0 Å². The Morgan fingerprint density at radius 1 is 1.30 bits per heavy atom. The van der Waals surface area contributed by atoms with Crippen molar-refractivity contribution in [2.45, 2.75) is 38.3 Å². The number of benzene rings is 1. The van der Waals surface area contributed by atoms with E-state index in [9.17, 15) is 9.59 Å². The summed E-state index contributed by atoms with van der Waals surface area (Å²) in [5.41, 5.74) is 2.26. The molecule has 2 aromatic rings. The predicted molar refractivity (Wildman–Crippen MR) is 82.0 cm³/mol. The molecule has 1 aliphatic carbocycles. The summed E-state index contributed by atoms with van der Waals surface area (Å²) in [6.07, 6.45) is 3.16. The Labute approximate surface area is 133 Å².